The van der Waals surface area contributed by atoms with E-state index in [1.165, 1.54) is 0 Å². The van der Waals surface area contributed by atoms with E-state index in [-0.39, 0.29) is 17.7 Å². The van der Waals surface area contributed by atoms with Crippen molar-refractivity contribution in [3.63, 3.8) is 0 Å². The van der Waals surface area contributed by atoms with Gasteiger partial charge in [-0.15, -0.1) is 0 Å². The number of unbranched alkanes of at least 4 members (excludes halogenated alkanes) is 2. The number of hydrogen-bond donors (Lipinski definition) is 2. The van der Waals surface area contributed by atoms with Gasteiger partial charge in [0, 0.05) is 31.7 Å². The SMILES string of the molecule is CCCCCC(=O)NCc1ccc(N2CCC[C@@H](C(N)=O)C2)cc1. The molecule has 2 rings (SSSR count). The van der Waals surface area contributed by atoms with E-state index in [4.69, 9.17) is 5.73 Å². The van der Waals surface area contributed by atoms with E-state index >= 15 is 0 Å². The lowest BCUT2D eigenvalue weighted by molar-refractivity contribution is -0.122. The highest BCUT2D eigenvalue weighted by Gasteiger charge is 2.23. The molecular weight excluding hydrogens is 302 g/mol. The minimum Gasteiger partial charge on any atom is -0.371 e. The Balaban J connectivity index is 1.82. The highest BCUT2D eigenvalue weighted by Crippen LogP contribution is 2.23. The van der Waals surface area contributed by atoms with Gasteiger partial charge in [-0.3, -0.25) is 9.59 Å². The van der Waals surface area contributed by atoms with Crippen molar-refractivity contribution < 1.29 is 9.59 Å². The van der Waals surface area contributed by atoms with Crippen molar-refractivity contribution in [1.29, 1.82) is 0 Å². The summed E-state index contributed by atoms with van der Waals surface area (Å²) >= 11 is 0. The predicted octanol–water partition coefficient (Wildman–Crippen LogP) is 2.58. The first-order chi connectivity index (χ1) is 11.6. The Hall–Kier alpha value is -2.04. The average Bonchev–Trinajstić information content (AvgIpc) is 2.61. The Bertz CT molecular complexity index is 542. The minimum atomic E-state index is -0.206. The maximum Gasteiger partial charge on any atom is 0.222 e. The lowest BCUT2D eigenvalue weighted by Gasteiger charge is -2.33. The molecule has 0 bridgehead atoms. The van der Waals surface area contributed by atoms with E-state index in [1.807, 2.05) is 12.1 Å². The van der Waals surface area contributed by atoms with Crippen LogP contribution in [0.1, 0.15) is 51.0 Å². The molecular formula is C19H29N3O2. The Morgan fingerprint density at radius 3 is 2.67 bits per heavy atom. The average molecular weight is 331 g/mol. The first-order valence-corrected chi connectivity index (χ1v) is 9.00. The third kappa shape index (κ3) is 5.55. The lowest BCUT2D eigenvalue weighted by atomic mass is 9.97. The first-order valence-electron chi connectivity index (χ1n) is 9.00. The number of hydrogen-bond acceptors (Lipinski definition) is 3. The number of nitrogens with two attached hydrogens (primary N) is 1. The van der Waals surface area contributed by atoms with Crippen molar-refractivity contribution in [2.45, 2.75) is 52.0 Å². The number of nitrogens with zero attached hydrogens (tertiary/aromatic N) is 1. The molecule has 1 aliphatic heterocycles. The van der Waals surface area contributed by atoms with Gasteiger partial charge < -0.3 is 16.0 Å². The van der Waals surface area contributed by atoms with Crippen LogP contribution in [0.25, 0.3) is 0 Å². The van der Waals surface area contributed by atoms with Crippen molar-refractivity contribution in [2.75, 3.05) is 18.0 Å². The van der Waals surface area contributed by atoms with Crippen LogP contribution in [0.3, 0.4) is 0 Å². The molecule has 24 heavy (non-hydrogen) atoms. The molecule has 1 aromatic rings. The fourth-order valence-electron chi connectivity index (χ4n) is 3.09. The molecule has 5 heteroatoms. The zero-order chi connectivity index (χ0) is 17.4. The van der Waals surface area contributed by atoms with Crippen LogP contribution in [0.2, 0.25) is 0 Å². The Labute approximate surface area is 144 Å². The number of carbonyl (C=O) groups excluding carboxylic acids is 2. The fraction of sp³-hybridized carbons (Fsp3) is 0.579. The largest absolute Gasteiger partial charge is 0.371 e. The number of amides is 2. The molecule has 0 saturated carbocycles. The number of rotatable bonds is 8. The molecule has 5 nitrogen and oxygen atoms in total. The van der Waals surface area contributed by atoms with E-state index in [0.717, 1.165) is 49.9 Å². The lowest BCUT2D eigenvalue weighted by Crippen LogP contribution is -2.41. The van der Waals surface area contributed by atoms with Gasteiger partial charge in [0.15, 0.2) is 0 Å². The van der Waals surface area contributed by atoms with Gasteiger partial charge >= 0.3 is 0 Å². The molecule has 3 N–H and O–H groups in total. The maximum absolute atomic E-state index is 11.7. The van der Waals surface area contributed by atoms with Gasteiger partial charge in [-0.1, -0.05) is 31.9 Å². The second kappa shape index (κ2) is 9.30. The normalized spacial score (nSPS) is 17.5. The van der Waals surface area contributed by atoms with Crippen molar-refractivity contribution in [2.24, 2.45) is 11.7 Å². The number of carbonyl (C=O) groups is 2. The number of piperidine rings is 1. The van der Waals surface area contributed by atoms with Gasteiger partial charge in [-0.2, -0.15) is 0 Å². The van der Waals surface area contributed by atoms with Crippen molar-refractivity contribution in [1.82, 2.24) is 5.32 Å². The molecule has 1 fully saturated rings. The predicted molar refractivity (Wildman–Crippen MR) is 96.6 cm³/mol. The van der Waals surface area contributed by atoms with E-state index in [1.54, 1.807) is 0 Å². The summed E-state index contributed by atoms with van der Waals surface area (Å²) in [4.78, 5) is 25.3. The highest BCUT2D eigenvalue weighted by molar-refractivity contribution is 5.77. The first kappa shape index (κ1) is 18.3. The molecule has 1 saturated heterocycles. The van der Waals surface area contributed by atoms with Crippen LogP contribution >= 0.6 is 0 Å². The standard InChI is InChI=1S/C19H29N3O2/c1-2-3-4-7-18(23)21-13-15-8-10-17(11-9-15)22-12-5-6-16(14-22)19(20)24/h8-11,16H,2-7,12-14H2,1H3,(H2,20,24)(H,21,23)/t16-/m1/s1. The molecule has 132 valence electrons. The Kier molecular flexibility index (Phi) is 7.09. The fourth-order valence-corrected chi connectivity index (χ4v) is 3.09. The number of primary amides is 1. The van der Waals surface area contributed by atoms with Crippen LogP contribution in [0.5, 0.6) is 0 Å². The molecule has 0 radical (unpaired) electrons. The minimum absolute atomic E-state index is 0.0548. The Morgan fingerprint density at radius 1 is 1.25 bits per heavy atom. The quantitative estimate of drug-likeness (QED) is 0.719. The van der Waals surface area contributed by atoms with E-state index < -0.39 is 0 Å². The van der Waals surface area contributed by atoms with Crippen LogP contribution in [0.4, 0.5) is 5.69 Å². The summed E-state index contributed by atoms with van der Waals surface area (Å²) in [6, 6.07) is 8.19. The van der Waals surface area contributed by atoms with Gasteiger partial charge in [0.2, 0.25) is 11.8 Å². The van der Waals surface area contributed by atoms with E-state index in [2.05, 4.69) is 29.3 Å². The molecule has 1 aromatic carbocycles. The third-order valence-electron chi connectivity index (χ3n) is 4.62. The molecule has 0 spiro atoms. The van der Waals surface area contributed by atoms with Gasteiger partial charge in [-0.25, -0.2) is 0 Å². The summed E-state index contributed by atoms with van der Waals surface area (Å²) in [5.74, 6) is -0.143. The summed E-state index contributed by atoms with van der Waals surface area (Å²) in [7, 11) is 0. The molecule has 0 aliphatic carbocycles. The van der Waals surface area contributed by atoms with Crippen molar-refractivity contribution in [3.05, 3.63) is 29.8 Å². The number of benzene rings is 1. The zero-order valence-corrected chi connectivity index (χ0v) is 14.6. The van der Waals surface area contributed by atoms with Crippen molar-refractivity contribution >= 4 is 17.5 Å². The molecule has 0 unspecified atom stereocenters. The molecule has 1 atom stereocenters. The highest BCUT2D eigenvalue weighted by atomic mass is 16.2. The van der Waals surface area contributed by atoms with Gasteiger partial charge in [0.25, 0.3) is 0 Å². The van der Waals surface area contributed by atoms with Crippen LogP contribution in [0.15, 0.2) is 24.3 Å². The topological polar surface area (TPSA) is 75.4 Å². The van der Waals surface area contributed by atoms with Crippen molar-refractivity contribution in [3.8, 4) is 0 Å². The van der Waals surface area contributed by atoms with E-state index in [0.29, 0.717) is 19.5 Å². The number of nitrogens with one attached hydrogen (secondary N) is 1. The third-order valence-corrected chi connectivity index (χ3v) is 4.62. The monoisotopic (exact) mass is 331 g/mol. The van der Waals surface area contributed by atoms with Gasteiger partial charge in [0.1, 0.15) is 0 Å². The van der Waals surface area contributed by atoms with Crippen LogP contribution in [0, 0.1) is 5.92 Å². The zero-order valence-electron chi connectivity index (χ0n) is 14.6. The smallest absolute Gasteiger partial charge is 0.222 e. The van der Waals surface area contributed by atoms with Gasteiger partial charge in [-0.05, 0) is 37.0 Å². The summed E-state index contributed by atoms with van der Waals surface area (Å²) < 4.78 is 0. The molecule has 2 amide bonds. The van der Waals surface area contributed by atoms with Crippen LogP contribution in [-0.2, 0) is 16.1 Å². The Morgan fingerprint density at radius 2 is 2.00 bits per heavy atom. The summed E-state index contributed by atoms with van der Waals surface area (Å²) in [5.41, 5.74) is 7.64. The maximum atomic E-state index is 11.7. The molecule has 1 aliphatic rings. The summed E-state index contributed by atoms with van der Waals surface area (Å²) in [6.07, 6.45) is 5.66. The van der Waals surface area contributed by atoms with Gasteiger partial charge in [0.05, 0.1) is 5.92 Å². The molecule has 1 heterocycles. The molecule has 0 aromatic heterocycles. The van der Waals surface area contributed by atoms with Crippen LogP contribution in [-0.4, -0.2) is 24.9 Å². The summed E-state index contributed by atoms with van der Waals surface area (Å²) in [5, 5.41) is 2.97. The second-order valence-corrected chi connectivity index (χ2v) is 6.59. The van der Waals surface area contributed by atoms with Crippen LogP contribution < -0.4 is 16.0 Å². The van der Waals surface area contributed by atoms with E-state index in [9.17, 15) is 9.59 Å². The second-order valence-electron chi connectivity index (χ2n) is 6.59. The summed E-state index contributed by atoms with van der Waals surface area (Å²) in [6.45, 7) is 4.35. The number of anilines is 1.